The zero-order valence-corrected chi connectivity index (χ0v) is 11.6. The summed E-state index contributed by atoms with van der Waals surface area (Å²) in [7, 11) is 1.41. The van der Waals surface area contributed by atoms with E-state index in [1.807, 2.05) is 0 Å². The van der Waals surface area contributed by atoms with Gasteiger partial charge in [0.1, 0.15) is 11.8 Å². The van der Waals surface area contributed by atoms with Crippen molar-refractivity contribution in [2.24, 2.45) is 0 Å². The normalized spacial score (nSPS) is 11.7. The second-order valence-electron chi connectivity index (χ2n) is 4.21. The molecule has 0 heterocycles. The van der Waals surface area contributed by atoms with Gasteiger partial charge in [-0.25, -0.2) is 4.79 Å². The molecule has 20 heavy (non-hydrogen) atoms. The van der Waals surface area contributed by atoms with Gasteiger partial charge in [0.05, 0.1) is 0 Å². The summed E-state index contributed by atoms with van der Waals surface area (Å²) in [6.07, 6.45) is 0.568. The molecule has 1 aromatic rings. The highest BCUT2D eigenvalue weighted by Crippen LogP contribution is 2.12. The first-order valence-electron chi connectivity index (χ1n) is 6.29. The van der Waals surface area contributed by atoms with Crippen LogP contribution in [0.5, 0.6) is 5.75 Å². The number of hydrogen-bond donors (Lipinski definition) is 2. The Kier molecular flexibility index (Phi) is 6.52. The largest absolute Gasteiger partial charge is 0.508 e. The van der Waals surface area contributed by atoms with Crippen LogP contribution in [0.4, 0.5) is 0 Å². The van der Waals surface area contributed by atoms with Crippen molar-refractivity contribution in [2.45, 2.75) is 25.8 Å². The molecule has 0 radical (unpaired) electrons. The SMILES string of the molecule is CCC(=O)NC(Cc1ccc(O)cc1)C(=O)OCOC. The summed E-state index contributed by atoms with van der Waals surface area (Å²) in [6.45, 7) is 1.54. The molecule has 110 valence electrons. The summed E-state index contributed by atoms with van der Waals surface area (Å²) < 4.78 is 9.54. The number of phenolic OH excluding ortho intramolecular Hbond substituents is 1. The average Bonchev–Trinajstić information content (AvgIpc) is 2.46. The number of esters is 1. The van der Waals surface area contributed by atoms with Crippen molar-refractivity contribution >= 4 is 11.9 Å². The smallest absolute Gasteiger partial charge is 0.331 e. The van der Waals surface area contributed by atoms with Crippen LogP contribution in [0.25, 0.3) is 0 Å². The quantitative estimate of drug-likeness (QED) is 0.575. The summed E-state index contributed by atoms with van der Waals surface area (Å²) in [4.78, 5) is 23.3. The maximum absolute atomic E-state index is 11.9. The lowest BCUT2D eigenvalue weighted by Crippen LogP contribution is -2.43. The van der Waals surface area contributed by atoms with Crippen molar-refractivity contribution in [1.29, 1.82) is 0 Å². The fourth-order valence-corrected chi connectivity index (χ4v) is 1.58. The van der Waals surface area contributed by atoms with Crippen molar-refractivity contribution in [3.8, 4) is 5.75 Å². The third kappa shape index (κ3) is 5.27. The highest BCUT2D eigenvalue weighted by Gasteiger charge is 2.22. The zero-order valence-electron chi connectivity index (χ0n) is 11.6. The first-order chi connectivity index (χ1) is 9.56. The molecule has 6 heteroatoms. The molecule has 2 N–H and O–H groups in total. The number of aromatic hydroxyl groups is 1. The van der Waals surface area contributed by atoms with Crippen LogP contribution in [-0.2, 0) is 25.5 Å². The number of hydrogen-bond acceptors (Lipinski definition) is 5. The third-order valence-electron chi connectivity index (χ3n) is 2.64. The first kappa shape index (κ1) is 16.0. The fourth-order valence-electron chi connectivity index (χ4n) is 1.58. The van der Waals surface area contributed by atoms with E-state index in [-0.39, 0.29) is 31.3 Å². The molecule has 0 aliphatic heterocycles. The van der Waals surface area contributed by atoms with Crippen molar-refractivity contribution in [3.05, 3.63) is 29.8 Å². The van der Waals surface area contributed by atoms with Crippen LogP contribution in [0.1, 0.15) is 18.9 Å². The Hall–Kier alpha value is -2.08. The summed E-state index contributed by atoms with van der Waals surface area (Å²) in [5.74, 6) is -0.644. The highest BCUT2D eigenvalue weighted by molar-refractivity contribution is 5.84. The maximum atomic E-state index is 11.9. The molecule has 0 aliphatic rings. The molecule has 6 nitrogen and oxygen atoms in total. The Bertz CT molecular complexity index is 443. The molecular formula is C14H19NO5. The topological polar surface area (TPSA) is 84.9 Å². The van der Waals surface area contributed by atoms with Gasteiger partial charge in [0.25, 0.3) is 0 Å². The molecule has 0 saturated carbocycles. The van der Waals surface area contributed by atoms with E-state index in [0.29, 0.717) is 0 Å². The minimum Gasteiger partial charge on any atom is -0.508 e. The number of ether oxygens (including phenoxy) is 2. The molecule has 1 amide bonds. The fraction of sp³-hybridized carbons (Fsp3) is 0.429. The van der Waals surface area contributed by atoms with Gasteiger partial charge in [-0.1, -0.05) is 19.1 Å². The maximum Gasteiger partial charge on any atom is 0.331 e. The summed E-state index contributed by atoms with van der Waals surface area (Å²) in [5.41, 5.74) is 0.804. The van der Waals surface area contributed by atoms with Gasteiger partial charge in [-0.2, -0.15) is 0 Å². The summed E-state index contributed by atoms with van der Waals surface area (Å²) in [5, 5.41) is 11.8. The summed E-state index contributed by atoms with van der Waals surface area (Å²) in [6, 6.07) is 5.64. The van der Waals surface area contributed by atoms with E-state index in [2.05, 4.69) is 10.1 Å². The van der Waals surface area contributed by atoms with E-state index in [1.165, 1.54) is 19.2 Å². The second-order valence-corrected chi connectivity index (χ2v) is 4.21. The number of amides is 1. The molecule has 0 saturated heterocycles. The molecule has 0 spiro atoms. The van der Waals surface area contributed by atoms with E-state index < -0.39 is 12.0 Å². The van der Waals surface area contributed by atoms with E-state index in [9.17, 15) is 14.7 Å². The number of carbonyl (C=O) groups excluding carboxylic acids is 2. The lowest BCUT2D eigenvalue weighted by molar-refractivity contribution is -0.157. The lowest BCUT2D eigenvalue weighted by atomic mass is 10.1. The molecule has 1 aromatic carbocycles. The van der Waals surface area contributed by atoms with E-state index in [4.69, 9.17) is 4.74 Å². The van der Waals surface area contributed by atoms with Crippen molar-refractivity contribution in [3.63, 3.8) is 0 Å². The number of carbonyl (C=O) groups is 2. The van der Waals surface area contributed by atoms with Gasteiger partial charge in [0.2, 0.25) is 5.91 Å². The van der Waals surface area contributed by atoms with Crippen LogP contribution in [0, 0.1) is 0 Å². The minimum atomic E-state index is -0.776. The lowest BCUT2D eigenvalue weighted by Gasteiger charge is -2.17. The van der Waals surface area contributed by atoms with Crippen LogP contribution >= 0.6 is 0 Å². The highest BCUT2D eigenvalue weighted by atomic mass is 16.7. The Balaban J connectivity index is 2.73. The molecule has 0 aromatic heterocycles. The monoisotopic (exact) mass is 281 g/mol. The Morgan fingerprint density at radius 3 is 2.50 bits per heavy atom. The van der Waals surface area contributed by atoms with Gasteiger partial charge < -0.3 is 19.9 Å². The van der Waals surface area contributed by atoms with Crippen LogP contribution in [0.15, 0.2) is 24.3 Å². The Labute approximate surface area is 117 Å². The number of rotatable bonds is 7. The number of methoxy groups -OCH3 is 1. The van der Waals surface area contributed by atoms with Gasteiger partial charge in [-0.15, -0.1) is 0 Å². The standard InChI is InChI=1S/C14H19NO5/c1-3-13(17)15-12(14(18)20-9-19-2)8-10-4-6-11(16)7-5-10/h4-7,12,16H,3,8-9H2,1-2H3,(H,15,17). The second kappa shape index (κ2) is 8.16. The van der Waals surface area contributed by atoms with E-state index >= 15 is 0 Å². The predicted molar refractivity (Wildman–Crippen MR) is 72.0 cm³/mol. The van der Waals surface area contributed by atoms with Crippen LogP contribution < -0.4 is 5.32 Å². The van der Waals surface area contributed by atoms with Gasteiger partial charge in [0.15, 0.2) is 6.79 Å². The molecule has 1 atom stereocenters. The van der Waals surface area contributed by atoms with E-state index in [1.54, 1.807) is 19.1 Å². The van der Waals surface area contributed by atoms with Crippen molar-refractivity contribution in [2.75, 3.05) is 13.9 Å². The van der Waals surface area contributed by atoms with Gasteiger partial charge >= 0.3 is 5.97 Å². The number of nitrogens with one attached hydrogen (secondary N) is 1. The van der Waals surface area contributed by atoms with Crippen molar-refractivity contribution in [1.82, 2.24) is 5.32 Å². The molecule has 1 rings (SSSR count). The van der Waals surface area contributed by atoms with Crippen molar-refractivity contribution < 1.29 is 24.2 Å². The average molecular weight is 281 g/mol. The van der Waals surface area contributed by atoms with Gasteiger partial charge in [-0.05, 0) is 17.7 Å². The minimum absolute atomic E-state index is 0.143. The molecule has 0 fully saturated rings. The zero-order chi connectivity index (χ0) is 15.0. The Morgan fingerprint density at radius 2 is 1.95 bits per heavy atom. The third-order valence-corrected chi connectivity index (χ3v) is 2.64. The molecule has 1 unspecified atom stereocenters. The number of benzene rings is 1. The van der Waals surface area contributed by atoms with E-state index in [0.717, 1.165) is 5.56 Å². The molecule has 0 aliphatic carbocycles. The first-order valence-corrected chi connectivity index (χ1v) is 6.29. The van der Waals surface area contributed by atoms with Gasteiger partial charge in [0, 0.05) is 20.0 Å². The predicted octanol–water partition coefficient (Wildman–Crippen LogP) is 0.977. The molecular weight excluding hydrogens is 262 g/mol. The van der Waals surface area contributed by atoms with Crippen LogP contribution in [0.2, 0.25) is 0 Å². The summed E-state index contributed by atoms with van der Waals surface area (Å²) >= 11 is 0. The number of phenols is 1. The van der Waals surface area contributed by atoms with Crippen LogP contribution in [0.3, 0.4) is 0 Å². The van der Waals surface area contributed by atoms with Gasteiger partial charge in [-0.3, -0.25) is 4.79 Å². The van der Waals surface area contributed by atoms with Crippen LogP contribution in [-0.4, -0.2) is 36.9 Å². The Morgan fingerprint density at radius 1 is 1.30 bits per heavy atom. The molecule has 0 bridgehead atoms.